The van der Waals surface area contributed by atoms with Gasteiger partial charge >= 0.3 is 0 Å². The van der Waals surface area contributed by atoms with Crippen molar-refractivity contribution in [2.24, 2.45) is 11.3 Å². The summed E-state index contributed by atoms with van der Waals surface area (Å²) in [5.74, 6) is 1.28. The largest absolute Gasteiger partial charge is 0.368 e. The lowest BCUT2D eigenvalue weighted by atomic mass is 10.1. The quantitative estimate of drug-likeness (QED) is 0.703. The fraction of sp³-hybridized carbons (Fsp3) is 0.583. The van der Waals surface area contributed by atoms with E-state index in [0.29, 0.717) is 17.8 Å². The molecule has 2 atom stereocenters. The van der Waals surface area contributed by atoms with Gasteiger partial charge in [-0.25, -0.2) is 13.9 Å². The molecule has 2 heterocycles. The van der Waals surface area contributed by atoms with Gasteiger partial charge in [0, 0.05) is 42.3 Å². The molecule has 32 heavy (non-hydrogen) atoms. The van der Waals surface area contributed by atoms with Gasteiger partial charge in [0.1, 0.15) is 16.8 Å². The SMILES string of the molecule is CC1CN(c2cc(S(=O)NC3(C)CC3)cc3nc(NC(=O)C45CC4C5)ccc23)CCN1C. The van der Waals surface area contributed by atoms with Crippen molar-refractivity contribution in [2.75, 3.05) is 36.9 Å². The maximum Gasteiger partial charge on any atom is 0.232 e. The number of nitrogens with zero attached hydrogens (tertiary/aromatic N) is 3. The van der Waals surface area contributed by atoms with E-state index in [0.717, 1.165) is 66.8 Å². The van der Waals surface area contributed by atoms with E-state index in [1.807, 2.05) is 18.2 Å². The maximum absolute atomic E-state index is 13.2. The van der Waals surface area contributed by atoms with Gasteiger partial charge in [-0.05, 0) is 76.8 Å². The predicted molar refractivity (Wildman–Crippen MR) is 127 cm³/mol. The molecule has 1 aromatic heterocycles. The Hall–Kier alpha value is -2.03. The Kier molecular flexibility index (Phi) is 4.49. The minimum Gasteiger partial charge on any atom is -0.368 e. The summed E-state index contributed by atoms with van der Waals surface area (Å²) in [4.78, 5) is 22.8. The molecule has 0 radical (unpaired) electrons. The Morgan fingerprint density at radius 3 is 2.62 bits per heavy atom. The zero-order chi connectivity index (χ0) is 22.3. The van der Waals surface area contributed by atoms with Crippen molar-refractivity contribution < 1.29 is 9.00 Å². The van der Waals surface area contributed by atoms with Gasteiger partial charge in [0.25, 0.3) is 0 Å². The Balaban J connectivity index is 1.36. The van der Waals surface area contributed by atoms with Gasteiger partial charge in [-0.15, -0.1) is 0 Å². The summed E-state index contributed by atoms with van der Waals surface area (Å²) in [6, 6.07) is 8.37. The first-order valence-corrected chi connectivity index (χ1v) is 12.8. The number of carbonyl (C=O) groups is 1. The van der Waals surface area contributed by atoms with Gasteiger partial charge in [-0.2, -0.15) is 0 Å². The van der Waals surface area contributed by atoms with Gasteiger partial charge < -0.3 is 15.1 Å². The van der Waals surface area contributed by atoms with Crippen LogP contribution in [0.25, 0.3) is 10.9 Å². The summed E-state index contributed by atoms with van der Waals surface area (Å²) < 4.78 is 16.5. The third-order valence-electron chi connectivity index (χ3n) is 7.99. The summed E-state index contributed by atoms with van der Waals surface area (Å²) in [6.07, 6.45) is 4.14. The van der Waals surface area contributed by atoms with E-state index >= 15 is 0 Å². The molecule has 1 aliphatic heterocycles. The van der Waals surface area contributed by atoms with E-state index in [1.165, 1.54) is 0 Å². The third kappa shape index (κ3) is 3.53. The number of nitrogens with one attached hydrogen (secondary N) is 2. The normalized spacial score (nSPS) is 31.2. The fourth-order valence-electron chi connectivity index (χ4n) is 4.78. The molecule has 170 valence electrons. The lowest BCUT2D eigenvalue weighted by Gasteiger charge is -2.39. The molecule has 1 saturated heterocycles. The monoisotopic (exact) mass is 453 g/mol. The van der Waals surface area contributed by atoms with Crippen LogP contribution in [0.2, 0.25) is 0 Å². The van der Waals surface area contributed by atoms with E-state index in [4.69, 9.17) is 4.98 Å². The van der Waals surface area contributed by atoms with Crippen LogP contribution in [0.5, 0.6) is 0 Å². The molecule has 7 nitrogen and oxygen atoms in total. The van der Waals surface area contributed by atoms with Crippen LogP contribution < -0.4 is 14.9 Å². The number of piperazine rings is 1. The van der Waals surface area contributed by atoms with Gasteiger partial charge in [0.2, 0.25) is 5.91 Å². The van der Waals surface area contributed by atoms with Crippen LogP contribution in [0.4, 0.5) is 11.5 Å². The third-order valence-corrected chi connectivity index (χ3v) is 9.33. The first-order valence-electron chi connectivity index (χ1n) is 11.7. The van der Waals surface area contributed by atoms with E-state index in [2.05, 4.69) is 46.8 Å². The Morgan fingerprint density at radius 2 is 1.97 bits per heavy atom. The molecule has 1 aromatic carbocycles. The van der Waals surface area contributed by atoms with Crippen molar-refractivity contribution in [2.45, 2.75) is 56.0 Å². The molecule has 8 heteroatoms. The van der Waals surface area contributed by atoms with Gasteiger partial charge in [0.05, 0.1) is 15.8 Å². The van der Waals surface area contributed by atoms with Crippen LogP contribution in [0.15, 0.2) is 29.2 Å². The van der Waals surface area contributed by atoms with E-state index in [9.17, 15) is 9.00 Å². The van der Waals surface area contributed by atoms with Crippen LogP contribution >= 0.6 is 0 Å². The number of fused-ring (bicyclic) bond motifs is 2. The van der Waals surface area contributed by atoms with E-state index < -0.39 is 11.0 Å². The van der Waals surface area contributed by atoms with Crippen molar-refractivity contribution in [1.29, 1.82) is 0 Å². The van der Waals surface area contributed by atoms with Crippen LogP contribution in [0.3, 0.4) is 0 Å². The second-order valence-electron chi connectivity index (χ2n) is 10.6. The van der Waals surface area contributed by atoms with E-state index in [-0.39, 0.29) is 16.9 Å². The minimum atomic E-state index is -1.31. The van der Waals surface area contributed by atoms with Gasteiger partial charge in [-0.3, -0.25) is 4.79 Å². The minimum absolute atomic E-state index is 0.0318. The molecular formula is C24H31N5O2S. The lowest BCUT2D eigenvalue weighted by molar-refractivity contribution is -0.119. The number of hydrogen-bond donors (Lipinski definition) is 2. The average Bonchev–Trinajstić information content (AvgIpc) is 3.66. The van der Waals surface area contributed by atoms with Crippen LogP contribution in [0, 0.1) is 11.3 Å². The summed E-state index contributed by atoms with van der Waals surface area (Å²) >= 11 is 0. The number of amides is 1. The summed E-state index contributed by atoms with van der Waals surface area (Å²) in [5, 5.41) is 4.06. The summed E-state index contributed by atoms with van der Waals surface area (Å²) in [6.45, 7) is 7.16. The van der Waals surface area contributed by atoms with Crippen molar-refractivity contribution in [1.82, 2.24) is 14.6 Å². The molecule has 1 amide bonds. The van der Waals surface area contributed by atoms with Crippen molar-refractivity contribution in [3.05, 3.63) is 24.3 Å². The second kappa shape index (κ2) is 6.98. The topological polar surface area (TPSA) is 77.6 Å². The first kappa shape index (κ1) is 20.6. The molecule has 4 fully saturated rings. The highest BCUT2D eigenvalue weighted by Gasteiger charge is 2.74. The number of likely N-dealkylation sites (N-methyl/N-ethyl adjacent to an activating group) is 1. The zero-order valence-corrected chi connectivity index (χ0v) is 19.8. The standard InChI is InChI=1S/C24H31N5O2S/c1-15-14-29(9-8-28(15)3)20-11-17(32(31)27-23(2)6-7-23)10-19-18(20)4-5-21(25-19)26-22(30)24-12-16(24)13-24/h4-5,10-11,15-16,27H,6-9,12-14H2,1-3H3,(H,25,26,30). The molecular weight excluding hydrogens is 422 g/mol. The van der Waals surface area contributed by atoms with Gasteiger partial charge in [0.15, 0.2) is 0 Å². The van der Waals surface area contributed by atoms with Crippen molar-refractivity contribution in [3.8, 4) is 0 Å². The van der Waals surface area contributed by atoms with Gasteiger partial charge in [-0.1, -0.05) is 0 Å². The molecule has 2 unspecified atom stereocenters. The molecule has 0 spiro atoms. The average molecular weight is 454 g/mol. The molecule has 2 aromatic rings. The number of pyridine rings is 1. The number of anilines is 2. The molecule has 3 aliphatic carbocycles. The van der Waals surface area contributed by atoms with E-state index in [1.54, 1.807) is 0 Å². The Bertz CT molecular complexity index is 1140. The maximum atomic E-state index is 13.2. The van der Waals surface area contributed by atoms with Crippen LogP contribution in [0.1, 0.15) is 39.5 Å². The molecule has 4 aliphatic rings. The molecule has 0 bridgehead atoms. The number of hydrogen-bond acceptors (Lipinski definition) is 5. The number of aromatic nitrogens is 1. The van der Waals surface area contributed by atoms with Crippen molar-refractivity contribution >= 4 is 39.3 Å². The Morgan fingerprint density at radius 1 is 1.22 bits per heavy atom. The smallest absolute Gasteiger partial charge is 0.232 e. The van der Waals surface area contributed by atoms with Crippen LogP contribution in [-0.2, 0) is 15.8 Å². The molecule has 2 N–H and O–H groups in total. The summed E-state index contributed by atoms with van der Waals surface area (Å²) in [7, 11) is 0.853. The number of rotatable bonds is 6. The lowest BCUT2D eigenvalue weighted by Crippen LogP contribution is -2.50. The molecule has 6 rings (SSSR count). The highest BCUT2D eigenvalue weighted by atomic mass is 32.2. The molecule has 3 saturated carbocycles. The fourth-order valence-corrected chi connectivity index (χ4v) is 5.99. The number of benzene rings is 1. The highest BCUT2D eigenvalue weighted by molar-refractivity contribution is 7.83. The second-order valence-corrected chi connectivity index (χ2v) is 11.8. The first-order chi connectivity index (χ1) is 15.3. The van der Waals surface area contributed by atoms with Crippen molar-refractivity contribution in [3.63, 3.8) is 0 Å². The zero-order valence-electron chi connectivity index (χ0n) is 19.0. The summed E-state index contributed by atoms with van der Waals surface area (Å²) in [5.41, 5.74) is 1.72. The van der Waals surface area contributed by atoms with Crippen LogP contribution in [-0.4, -0.2) is 58.3 Å². The number of carbonyl (C=O) groups excluding carboxylic acids is 1. The predicted octanol–water partition coefficient (Wildman–Crippen LogP) is 2.89. The Labute approximate surface area is 191 Å². The highest BCUT2D eigenvalue weighted by Crippen LogP contribution is 2.75.